The molecule has 37 heavy (non-hydrogen) atoms. The van der Waals surface area contributed by atoms with Crippen molar-refractivity contribution < 1.29 is 33.8 Å². The predicted octanol–water partition coefficient (Wildman–Crippen LogP) is 2.52. The van der Waals surface area contributed by atoms with E-state index in [1.165, 1.54) is 43.5 Å². The fourth-order valence-electron chi connectivity index (χ4n) is 3.51. The summed E-state index contributed by atoms with van der Waals surface area (Å²) in [6.45, 7) is 0. The standard InChI is InChI=1S/C26H18ClN3O7/c1-37-26(36)14-8-10-17(11-9-14)29-22(31)15-4-2-6-18(12-15)28-21-20(27)23(32)30(24(21)33)19-7-3-5-16(13-19)25(34)35/h2-13,28H,1H3,(H,29,31)(H,34,35)/p-1. The van der Waals surface area contributed by atoms with E-state index in [0.29, 0.717) is 16.9 Å². The molecule has 0 spiro atoms. The van der Waals surface area contributed by atoms with Gasteiger partial charge >= 0.3 is 5.97 Å². The first-order chi connectivity index (χ1) is 17.7. The normalized spacial score (nSPS) is 13.0. The van der Waals surface area contributed by atoms with Gasteiger partial charge in [-0.15, -0.1) is 0 Å². The van der Waals surface area contributed by atoms with Crippen LogP contribution in [0.1, 0.15) is 31.1 Å². The molecular formula is C26H17ClN3O7-. The number of imide groups is 1. The van der Waals surface area contributed by atoms with Gasteiger partial charge in [0, 0.05) is 16.9 Å². The number of carboxylic acid groups (broad SMARTS) is 1. The van der Waals surface area contributed by atoms with E-state index < -0.39 is 34.7 Å². The van der Waals surface area contributed by atoms with Crippen LogP contribution in [-0.4, -0.2) is 36.8 Å². The number of carboxylic acids is 1. The van der Waals surface area contributed by atoms with Crippen LogP contribution >= 0.6 is 11.6 Å². The molecule has 4 rings (SSSR count). The first-order valence-electron chi connectivity index (χ1n) is 10.7. The Morgan fingerprint density at radius 2 is 1.51 bits per heavy atom. The maximum atomic E-state index is 13.0. The first-order valence-corrected chi connectivity index (χ1v) is 11.0. The molecule has 186 valence electrons. The number of aromatic carboxylic acids is 1. The number of hydrogen-bond acceptors (Lipinski definition) is 8. The van der Waals surface area contributed by atoms with E-state index in [1.807, 2.05) is 0 Å². The Balaban J connectivity index is 1.51. The minimum atomic E-state index is -1.46. The van der Waals surface area contributed by atoms with Gasteiger partial charge in [0.2, 0.25) is 0 Å². The minimum absolute atomic E-state index is 0.0120. The molecule has 0 aromatic heterocycles. The lowest BCUT2D eigenvalue weighted by Crippen LogP contribution is -2.32. The predicted molar refractivity (Wildman–Crippen MR) is 132 cm³/mol. The molecule has 0 aliphatic carbocycles. The van der Waals surface area contributed by atoms with E-state index in [9.17, 15) is 29.1 Å². The van der Waals surface area contributed by atoms with Crippen LogP contribution in [-0.2, 0) is 14.3 Å². The maximum absolute atomic E-state index is 13.0. The maximum Gasteiger partial charge on any atom is 0.337 e. The topological polar surface area (TPSA) is 145 Å². The lowest BCUT2D eigenvalue weighted by Gasteiger charge is -2.16. The molecule has 2 N–H and O–H groups in total. The van der Waals surface area contributed by atoms with Crippen LogP contribution in [0.25, 0.3) is 0 Å². The van der Waals surface area contributed by atoms with Crippen LogP contribution in [0.15, 0.2) is 83.5 Å². The van der Waals surface area contributed by atoms with Crippen LogP contribution in [0.3, 0.4) is 0 Å². The molecular weight excluding hydrogens is 502 g/mol. The van der Waals surface area contributed by atoms with Crippen molar-refractivity contribution in [1.29, 1.82) is 0 Å². The number of amides is 3. The van der Waals surface area contributed by atoms with Crippen molar-refractivity contribution in [2.45, 2.75) is 0 Å². The molecule has 3 amide bonds. The summed E-state index contributed by atoms with van der Waals surface area (Å²) in [6, 6.07) is 17.4. The Hall–Kier alpha value is -4.96. The van der Waals surface area contributed by atoms with Gasteiger partial charge in [0.25, 0.3) is 17.7 Å². The Bertz CT molecular complexity index is 1480. The van der Waals surface area contributed by atoms with Gasteiger partial charge in [-0.1, -0.05) is 29.8 Å². The zero-order valence-electron chi connectivity index (χ0n) is 19.1. The van der Waals surface area contributed by atoms with Crippen molar-refractivity contribution >= 4 is 58.3 Å². The highest BCUT2D eigenvalue weighted by Crippen LogP contribution is 2.30. The summed E-state index contributed by atoms with van der Waals surface area (Å²) < 4.78 is 4.64. The van der Waals surface area contributed by atoms with Crippen LogP contribution in [0.4, 0.5) is 17.1 Å². The number of hydrogen-bond donors (Lipinski definition) is 2. The second-order valence-electron chi connectivity index (χ2n) is 7.70. The number of carbonyl (C=O) groups is 5. The molecule has 3 aromatic rings. The lowest BCUT2D eigenvalue weighted by atomic mass is 10.1. The summed E-state index contributed by atoms with van der Waals surface area (Å²) in [7, 11) is 1.27. The zero-order chi connectivity index (χ0) is 26.7. The van der Waals surface area contributed by atoms with E-state index in [2.05, 4.69) is 15.4 Å². The number of halogens is 1. The van der Waals surface area contributed by atoms with Crippen LogP contribution in [0.2, 0.25) is 0 Å². The van der Waals surface area contributed by atoms with Gasteiger partial charge in [-0.25, -0.2) is 9.69 Å². The molecule has 10 nitrogen and oxygen atoms in total. The highest BCUT2D eigenvalue weighted by atomic mass is 35.5. The molecule has 3 aromatic carbocycles. The quantitative estimate of drug-likeness (QED) is 0.358. The van der Waals surface area contributed by atoms with E-state index >= 15 is 0 Å². The van der Waals surface area contributed by atoms with Gasteiger partial charge in [0.1, 0.15) is 10.7 Å². The number of methoxy groups -OCH3 is 1. The molecule has 0 bridgehead atoms. The molecule has 0 radical (unpaired) electrons. The summed E-state index contributed by atoms with van der Waals surface area (Å²) >= 11 is 6.14. The van der Waals surface area contributed by atoms with E-state index in [4.69, 9.17) is 11.6 Å². The molecule has 1 aliphatic rings. The van der Waals surface area contributed by atoms with Gasteiger partial charge in [-0.2, -0.15) is 0 Å². The molecule has 0 fully saturated rings. The second-order valence-corrected chi connectivity index (χ2v) is 8.08. The number of nitrogens with zero attached hydrogens (tertiary/aromatic N) is 1. The number of benzene rings is 3. The van der Waals surface area contributed by atoms with Gasteiger partial charge in [-0.3, -0.25) is 14.4 Å². The molecule has 11 heteroatoms. The van der Waals surface area contributed by atoms with E-state index in [-0.39, 0.29) is 22.5 Å². The second kappa shape index (κ2) is 10.3. The van der Waals surface area contributed by atoms with Crippen molar-refractivity contribution in [3.05, 3.63) is 100 Å². The molecule has 0 atom stereocenters. The number of anilines is 3. The number of rotatable bonds is 7. The van der Waals surface area contributed by atoms with Crippen LogP contribution in [0, 0.1) is 0 Å². The number of ether oxygens (including phenoxy) is 1. The SMILES string of the molecule is COC(=O)c1ccc(NC(=O)c2cccc(NC3=C(Cl)C(=O)N(c4cccc(C(=O)[O-])c4)C3=O)c2)cc1. The molecule has 1 heterocycles. The third kappa shape index (κ3) is 5.19. The van der Waals surface area contributed by atoms with Gasteiger partial charge in [-0.05, 0) is 60.2 Å². The molecule has 0 saturated heterocycles. The van der Waals surface area contributed by atoms with Crippen molar-refractivity contribution in [3.8, 4) is 0 Å². The monoisotopic (exact) mass is 518 g/mol. The molecule has 0 saturated carbocycles. The average Bonchev–Trinajstić information content (AvgIpc) is 3.11. The van der Waals surface area contributed by atoms with Crippen molar-refractivity contribution in [2.24, 2.45) is 0 Å². The van der Waals surface area contributed by atoms with Crippen LogP contribution in [0.5, 0.6) is 0 Å². The molecule has 0 unspecified atom stereocenters. The summed E-state index contributed by atoms with van der Waals surface area (Å²) in [5, 5.41) is 16.2. The Labute approximate surface area is 215 Å². The molecule has 1 aliphatic heterocycles. The third-order valence-corrected chi connectivity index (χ3v) is 5.68. The Kier molecular flexibility index (Phi) is 7.03. The van der Waals surface area contributed by atoms with Gasteiger partial charge < -0.3 is 25.3 Å². The Morgan fingerprint density at radius 3 is 2.19 bits per heavy atom. The highest BCUT2D eigenvalue weighted by molar-refractivity contribution is 6.53. The Morgan fingerprint density at radius 1 is 0.838 bits per heavy atom. The average molecular weight is 519 g/mol. The van der Waals surface area contributed by atoms with Gasteiger partial charge in [0.05, 0.1) is 24.3 Å². The first kappa shape index (κ1) is 25.1. The summed E-state index contributed by atoms with van der Waals surface area (Å²) in [5.41, 5.74) is 0.858. The number of nitrogens with one attached hydrogen (secondary N) is 2. The van der Waals surface area contributed by atoms with E-state index in [0.717, 1.165) is 11.0 Å². The van der Waals surface area contributed by atoms with Crippen LogP contribution < -0.4 is 20.6 Å². The fourth-order valence-corrected chi connectivity index (χ4v) is 3.72. The summed E-state index contributed by atoms with van der Waals surface area (Å²) in [4.78, 5) is 61.9. The lowest BCUT2D eigenvalue weighted by molar-refractivity contribution is -0.255. The number of carbonyl (C=O) groups excluding carboxylic acids is 5. The van der Waals surface area contributed by atoms with E-state index in [1.54, 1.807) is 30.3 Å². The smallest absolute Gasteiger partial charge is 0.337 e. The largest absolute Gasteiger partial charge is 0.545 e. The van der Waals surface area contributed by atoms with Crippen molar-refractivity contribution in [3.63, 3.8) is 0 Å². The highest BCUT2D eigenvalue weighted by Gasteiger charge is 2.39. The minimum Gasteiger partial charge on any atom is -0.545 e. The third-order valence-electron chi connectivity index (χ3n) is 5.33. The summed E-state index contributed by atoms with van der Waals surface area (Å²) in [6.07, 6.45) is 0. The fraction of sp³-hybridized carbons (Fsp3) is 0.0385. The zero-order valence-corrected chi connectivity index (χ0v) is 19.9. The van der Waals surface area contributed by atoms with Crippen molar-refractivity contribution in [1.82, 2.24) is 0 Å². The number of esters is 1. The summed E-state index contributed by atoms with van der Waals surface area (Å²) in [5.74, 6) is -4.08. The van der Waals surface area contributed by atoms with Crippen molar-refractivity contribution in [2.75, 3.05) is 22.6 Å². The van der Waals surface area contributed by atoms with Gasteiger partial charge in [0.15, 0.2) is 0 Å².